The van der Waals surface area contributed by atoms with Gasteiger partial charge in [0.05, 0.1) is 18.8 Å². The van der Waals surface area contributed by atoms with Crippen LogP contribution in [0.5, 0.6) is 5.75 Å². The monoisotopic (exact) mass is 325 g/mol. The molecule has 1 aliphatic rings. The van der Waals surface area contributed by atoms with Crippen LogP contribution in [0.25, 0.3) is 0 Å². The zero-order chi connectivity index (χ0) is 16.8. The minimum absolute atomic E-state index is 0.131. The largest absolute Gasteiger partial charge is 0.496 e. The Morgan fingerprint density at radius 2 is 2.04 bits per heavy atom. The first-order valence-electron chi connectivity index (χ1n) is 8.86. The first-order chi connectivity index (χ1) is 11.8. The van der Waals surface area contributed by atoms with Crippen molar-refractivity contribution in [1.82, 2.24) is 15.2 Å². The van der Waals surface area contributed by atoms with Gasteiger partial charge in [0.15, 0.2) is 0 Å². The number of para-hydroxylation sites is 1. The third-order valence-corrected chi connectivity index (χ3v) is 4.71. The first-order valence-corrected chi connectivity index (χ1v) is 8.86. The second-order valence-electron chi connectivity index (χ2n) is 6.23. The Labute approximate surface area is 144 Å². The summed E-state index contributed by atoms with van der Waals surface area (Å²) in [5.41, 5.74) is 3.56. The SMILES string of the molecule is CCc1ccc(C(c2ccccc2OC)N2CCCNCC2)nc1. The fraction of sp³-hybridized carbons (Fsp3) is 0.450. The number of rotatable bonds is 5. The lowest BCUT2D eigenvalue weighted by molar-refractivity contribution is 0.232. The first kappa shape index (κ1) is 16.9. The van der Waals surface area contributed by atoms with E-state index >= 15 is 0 Å². The van der Waals surface area contributed by atoms with Crippen LogP contribution in [0.3, 0.4) is 0 Å². The highest BCUT2D eigenvalue weighted by Crippen LogP contribution is 2.34. The molecular formula is C20H27N3O. The maximum absolute atomic E-state index is 5.64. The van der Waals surface area contributed by atoms with E-state index in [1.165, 1.54) is 11.1 Å². The molecule has 2 heterocycles. The topological polar surface area (TPSA) is 37.4 Å². The molecule has 0 amide bonds. The van der Waals surface area contributed by atoms with Crippen molar-refractivity contribution < 1.29 is 4.74 Å². The van der Waals surface area contributed by atoms with Crippen molar-refractivity contribution in [1.29, 1.82) is 0 Å². The van der Waals surface area contributed by atoms with Crippen LogP contribution < -0.4 is 10.1 Å². The smallest absolute Gasteiger partial charge is 0.124 e. The van der Waals surface area contributed by atoms with Gasteiger partial charge in [-0.1, -0.05) is 31.2 Å². The molecular weight excluding hydrogens is 298 g/mol. The minimum Gasteiger partial charge on any atom is -0.496 e. The van der Waals surface area contributed by atoms with Gasteiger partial charge < -0.3 is 10.1 Å². The molecule has 1 atom stereocenters. The van der Waals surface area contributed by atoms with Crippen LogP contribution in [-0.2, 0) is 6.42 Å². The summed E-state index contributed by atoms with van der Waals surface area (Å²) in [5.74, 6) is 0.932. The molecule has 0 aliphatic carbocycles. The van der Waals surface area contributed by atoms with Crippen LogP contribution in [0, 0.1) is 0 Å². The van der Waals surface area contributed by atoms with Crippen LogP contribution in [0.15, 0.2) is 42.6 Å². The summed E-state index contributed by atoms with van der Waals surface area (Å²) in [6.45, 7) is 6.33. The predicted octanol–water partition coefficient (Wildman–Crippen LogP) is 3.04. The van der Waals surface area contributed by atoms with E-state index in [4.69, 9.17) is 9.72 Å². The lowest BCUT2D eigenvalue weighted by Crippen LogP contribution is -2.33. The van der Waals surface area contributed by atoms with Crippen LogP contribution in [-0.4, -0.2) is 43.2 Å². The fourth-order valence-electron chi connectivity index (χ4n) is 3.37. The van der Waals surface area contributed by atoms with E-state index in [1.807, 2.05) is 18.3 Å². The van der Waals surface area contributed by atoms with E-state index in [2.05, 4.69) is 41.4 Å². The Morgan fingerprint density at radius 1 is 1.17 bits per heavy atom. The van der Waals surface area contributed by atoms with Crippen molar-refractivity contribution in [3.05, 3.63) is 59.4 Å². The van der Waals surface area contributed by atoms with Crippen LogP contribution in [0.2, 0.25) is 0 Å². The number of benzene rings is 1. The number of aromatic nitrogens is 1. The van der Waals surface area contributed by atoms with E-state index in [9.17, 15) is 0 Å². The van der Waals surface area contributed by atoms with E-state index in [0.717, 1.165) is 50.5 Å². The van der Waals surface area contributed by atoms with Gasteiger partial charge in [-0.2, -0.15) is 0 Å². The van der Waals surface area contributed by atoms with Crippen molar-refractivity contribution >= 4 is 0 Å². The van der Waals surface area contributed by atoms with Gasteiger partial charge in [0.1, 0.15) is 5.75 Å². The molecule has 1 fully saturated rings. The van der Waals surface area contributed by atoms with Gasteiger partial charge in [0.25, 0.3) is 0 Å². The molecule has 0 bridgehead atoms. The molecule has 4 heteroatoms. The number of methoxy groups -OCH3 is 1. The molecule has 2 aromatic rings. The molecule has 1 saturated heterocycles. The summed E-state index contributed by atoms with van der Waals surface area (Å²) in [5, 5.41) is 3.49. The number of ether oxygens (including phenoxy) is 1. The van der Waals surface area contributed by atoms with Crippen LogP contribution in [0.4, 0.5) is 0 Å². The molecule has 1 unspecified atom stereocenters. The van der Waals surface area contributed by atoms with Gasteiger partial charge in [-0.05, 0) is 37.1 Å². The van der Waals surface area contributed by atoms with Gasteiger partial charge in [-0.25, -0.2) is 0 Å². The predicted molar refractivity (Wildman–Crippen MR) is 97.5 cm³/mol. The van der Waals surface area contributed by atoms with E-state index in [1.54, 1.807) is 7.11 Å². The molecule has 0 radical (unpaired) electrons. The van der Waals surface area contributed by atoms with Gasteiger partial charge >= 0.3 is 0 Å². The lowest BCUT2D eigenvalue weighted by Gasteiger charge is -2.31. The summed E-state index contributed by atoms with van der Waals surface area (Å²) in [4.78, 5) is 7.31. The fourth-order valence-corrected chi connectivity index (χ4v) is 3.37. The summed E-state index contributed by atoms with van der Waals surface area (Å²) >= 11 is 0. The van der Waals surface area contributed by atoms with E-state index in [-0.39, 0.29) is 6.04 Å². The molecule has 1 N–H and O–H groups in total. The molecule has 0 saturated carbocycles. The second-order valence-corrected chi connectivity index (χ2v) is 6.23. The molecule has 0 spiro atoms. The average Bonchev–Trinajstić information content (AvgIpc) is 2.92. The number of hydrogen-bond acceptors (Lipinski definition) is 4. The normalized spacial score (nSPS) is 17.2. The number of nitrogens with zero attached hydrogens (tertiary/aromatic N) is 2. The highest BCUT2D eigenvalue weighted by atomic mass is 16.5. The Balaban J connectivity index is 2.01. The number of nitrogens with one attached hydrogen (secondary N) is 1. The minimum atomic E-state index is 0.131. The Hall–Kier alpha value is -1.91. The highest BCUT2D eigenvalue weighted by Gasteiger charge is 2.26. The summed E-state index contributed by atoms with van der Waals surface area (Å²) in [6.07, 6.45) is 4.17. The van der Waals surface area contributed by atoms with Crippen molar-refractivity contribution in [2.45, 2.75) is 25.8 Å². The lowest BCUT2D eigenvalue weighted by atomic mass is 9.99. The van der Waals surface area contributed by atoms with Crippen LogP contribution >= 0.6 is 0 Å². The molecule has 4 nitrogen and oxygen atoms in total. The zero-order valence-corrected chi connectivity index (χ0v) is 14.7. The summed E-state index contributed by atoms with van der Waals surface area (Å²) < 4.78 is 5.64. The second kappa shape index (κ2) is 8.27. The third kappa shape index (κ3) is 3.77. The Morgan fingerprint density at radius 3 is 2.79 bits per heavy atom. The molecule has 1 aromatic carbocycles. The highest BCUT2D eigenvalue weighted by molar-refractivity contribution is 5.40. The van der Waals surface area contributed by atoms with Crippen molar-refractivity contribution in [3.8, 4) is 5.75 Å². The maximum atomic E-state index is 5.64. The maximum Gasteiger partial charge on any atom is 0.124 e. The average molecular weight is 325 g/mol. The van der Waals surface area contributed by atoms with E-state index < -0.39 is 0 Å². The molecule has 3 rings (SSSR count). The Bertz CT molecular complexity index is 634. The number of aryl methyl sites for hydroxylation is 1. The van der Waals surface area contributed by atoms with Gasteiger partial charge in [-0.15, -0.1) is 0 Å². The van der Waals surface area contributed by atoms with Crippen molar-refractivity contribution in [2.75, 3.05) is 33.3 Å². The zero-order valence-electron chi connectivity index (χ0n) is 14.7. The number of hydrogen-bond donors (Lipinski definition) is 1. The van der Waals surface area contributed by atoms with Crippen molar-refractivity contribution in [3.63, 3.8) is 0 Å². The van der Waals surface area contributed by atoms with Gasteiger partial charge in [0.2, 0.25) is 0 Å². The Kier molecular flexibility index (Phi) is 5.83. The van der Waals surface area contributed by atoms with Gasteiger partial charge in [-0.3, -0.25) is 9.88 Å². The van der Waals surface area contributed by atoms with E-state index in [0.29, 0.717) is 0 Å². The quantitative estimate of drug-likeness (QED) is 0.917. The van der Waals surface area contributed by atoms with Gasteiger partial charge in [0, 0.05) is 31.4 Å². The standard InChI is InChI=1S/C20H27N3O/c1-3-16-9-10-18(22-15-16)20(23-13-6-11-21-12-14-23)17-7-4-5-8-19(17)24-2/h4-5,7-10,15,20-21H,3,6,11-14H2,1-2H3. The molecule has 24 heavy (non-hydrogen) atoms. The molecule has 128 valence electrons. The summed E-state index contributed by atoms with van der Waals surface area (Å²) in [7, 11) is 1.74. The number of pyridine rings is 1. The van der Waals surface area contributed by atoms with Crippen LogP contribution in [0.1, 0.15) is 36.2 Å². The molecule has 1 aromatic heterocycles. The van der Waals surface area contributed by atoms with Crippen molar-refractivity contribution in [2.24, 2.45) is 0 Å². The summed E-state index contributed by atoms with van der Waals surface area (Å²) in [6, 6.07) is 12.8. The molecule has 1 aliphatic heterocycles. The third-order valence-electron chi connectivity index (χ3n) is 4.71.